The molecule has 110 valence electrons. The highest BCUT2D eigenvalue weighted by Gasteiger charge is 2.30. The number of carbonyl (C=O) groups is 1. The molecule has 0 amide bonds. The van der Waals surface area contributed by atoms with E-state index in [4.69, 9.17) is 14.2 Å². The first-order valence-corrected chi connectivity index (χ1v) is 7.49. The quantitative estimate of drug-likeness (QED) is 0.737. The second-order valence-corrected chi connectivity index (χ2v) is 5.78. The predicted octanol–water partition coefficient (Wildman–Crippen LogP) is 2.69. The van der Waals surface area contributed by atoms with Crippen LogP contribution in [0, 0.1) is 5.92 Å². The second kappa shape index (κ2) is 7.25. The number of ether oxygens (including phenoxy) is 3. The van der Waals surface area contributed by atoms with Gasteiger partial charge in [0, 0.05) is 7.11 Å². The molecule has 4 nitrogen and oxygen atoms in total. The molecule has 2 saturated carbocycles. The van der Waals surface area contributed by atoms with E-state index in [1.54, 1.807) is 7.11 Å². The molecule has 0 radical (unpaired) electrons. The normalized spacial score (nSPS) is 35.9. The van der Waals surface area contributed by atoms with Crippen LogP contribution in [0.3, 0.4) is 0 Å². The van der Waals surface area contributed by atoms with Gasteiger partial charge in [0.15, 0.2) is 0 Å². The summed E-state index contributed by atoms with van der Waals surface area (Å²) in [5.74, 6) is 0.0264. The fourth-order valence-corrected chi connectivity index (χ4v) is 3.31. The zero-order valence-corrected chi connectivity index (χ0v) is 12.1. The molecule has 19 heavy (non-hydrogen) atoms. The maximum atomic E-state index is 11.5. The molecule has 0 N–H and O–H groups in total. The van der Waals surface area contributed by atoms with Crippen molar-refractivity contribution in [2.45, 2.75) is 69.7 Å². The van der Waals surface area contributed by atoms with Crippen molar-refractivity contribution < 1.29 is 19.0 Å². The Morgan fingerprint density at radius 2 is 1.58 bits per heavy atom. The van der Waals surface area contributed by atoms with Crippen molar-refractivity contribution in [3.63, 3.8) is 0 Å². The van der Waals surface area contributed by atoms with Gasteiger partial charge in [-0.15, -0.1) is 0 Å². The second-order valence-electron chi connectivity index (χ2n) is 5.78. The summed E-state index contributed by atoms with van der Waals surface area (Å²) >= 11 is 0. The third-order valence-corrected chi connectivity index (χ3v) is 4.50. The summed E-state index contributed by atoms with van der Waals surface area (Å²) in [6, 6.07) is 0. The SMILES string of the molecule is COC(=O)C1CCC(OC2CCCC(OC)C2)CC1. The molecule has 2 aliphatic rings. The van der Waals surface area contributed by atoms with Gasteiger partial charge >= 0.3 is 5.97 Å². The Morgan fingerprint density at radius 3 is 2.21 bits per heavy atom. The van der Waals surface area contributed by atoms with Gasteiger partial charge in [-0.1, -0.05) is 0 Å². The number of esters is 1. The van der Waals surface area contributed by atoms with Crippen LogP contribution in [0.4, 0.5) is 0 Å². The van der Waals surface area contributed by atoms with E-state index >= 15 is 0 Å². The monoisotopic (exact) mass is 270 g/mol. The summed E-state index contributed by atoms with van der Waals surface area (Å²) in [7, 11) is 3.26. The van der Waals surface area contributed by atoms with Crippen molar-refractivity contribution >= 4 is 5.97 Å². The fraction of sp³-hybridized carbons (Fsp3) is 0.933. The van der Waals surface area contributed by atoms with E-state index < -0.39 is 0 Å². The van der Waals surface area contributed by atoms with Crippen molar-refractivity contribution in [2.24, 2.45) is 5.92 Å². The van der Waals surface area contributed by atoms with Gasteiger partial charge in [-0.05, 0) is 51.4 Å². The molecule has 0 saturated heterocycles. The van der Waals surface area contributed by atoms with Gasteiger partial charge in [-0.2, -0.15) is 0 Å². The van der Waals surface area contributed by atoms with E-state index in [-0.39, 0.29) is 11.9 Å². The highest BCUT2D eigenvalue weighted by molar-refractivity contribution is 5.72. The summed E-state index contributed by atoms with van der Waals surface area (Å²) in [6.45, 7) is 0. The molecule has 2 fully saturated rings. The highest BCUT2D eigenvalue weighted by Crippen LogP contribution is 2.31. The lowest BCUT2D eigenvalue weighted by molar-refractivity contribution is -0.148. The fourth-order valence-electron chi connectivity index (χ4n) is 3.31. The Kier molecular flexibility index (Phi) is 5.64. The average Bonchev–Trinajstić information content (AvgIpc) is 2.47. The lowest BCUT2D eigenvalue weighted by Gasteiger charge is -2.34. The van der Waals surface area contributed by atoms with Crippen LogP contribution >= 0.6 is 0 Å². The van der Waals surface area contributed by atoms with Gasteiger partial charge in [0.05, 0.1) is 31.3 Å². The lowest BCUT2D eigenvalue weighted by atomic mass is 9.87. The summed E-state index contributed by atoms with van der Waals surface area (Å²) in [5.41, 5.74) is 0. The smallest absolute Gasteiger partial charge is 0.308 e. The summed E-state index contributed by atoms with van der Waals surface area (Å²) < 4.78 is 16.4. The minimum absolute atomic E-state index is 0.0597. The molecule has 0 spiro atoms. The maximum Gasteiger partial charge on any atom is 0.308 e. The lowest BCUT2D eigenvalue weighted by Crippen LogP contribution is -2.33. The topological polar surface area (TPSA) is 44.8 Å². The summed E-state index contributed by atoms with van der Waals surface area (Å²) in [5, 5.41) is 0. The van der Waals surface area contributed by atoms with Crippen molar-refractivity contribution in [2.75, 3.05) is 14.2 Å². The number of carbonyl (C=O) groups excluding carboxylic acids is 1. The molecule has 2 atom stereocenters. The Balaban J connectivity index is 1.71. The number of hydrogen-bond acceptors (Lipinski definition) is 4. The van der Waals surface area contributed by atoms with Crippen LogP contribution in [-0.2, 0) is 19.0 Å². The highest BCUT2D eigenvalue weighted by atomic mass is 16.5. The summed E-state index contributed by atoms with van der Waals surface area (Å²) in [6.07, 6.45) is 9.32. The van der Waals surface area contributed by atoms with Gasteiger partial charge in [0.2, 0.25) is 0 Å². The summed E-state index contributed by atoms with van der Waals surface area (Å²) in [4.78, 5) is 11.5. The van der Waals surface area contributed by atoms with E-state index in [1.807, 2.05) is 0 Å². The van der Waals surface area contributed by atoms with Gasteiger partial charge in [0.25, 0.3) is 0 Å². The third kappa shape index (κ3) is 4.18. The zero-order valence-electron chi connectivity index (χ0n) is 12.1. The first-order valence-electron chi connectivity index (χ1n) is 7.49. The predicted molar refractivity (Wildman–Crippen MR) is 71.9 cm³/mol. The van der Waals surface area contributed by atoms with Gasteiger partial charge in [0.1, 0.15) is 0 Å². The molecule has 0 aromatic heterocycles. The molecule has 2 aliphatic carbocycles. The number of hydrogen-bond donors (Lipinski definition) is 0. The van der Waals surface area contributed by atoms with Crippen LogP contribution in [0.25, 0.3) is 0 Å². The van der Waals surface area contributed by atoms with E-state index in [0.29, 0.717) is 18.3 Å². The Labute approximate surface area is 115 Å². The standard InChI is InChI=1S/C15H26O4/c1-17-13-4-3-5-14(10-13)19-12-8-6-11(7-9-12)15(16)18-2/h11-14H,3-10H2,1-2H3. The van der Waals surface area contributed by atoms with Gasteiger partial charge in [-0.3, -0.25) is 4.79 Å². The molecule has 0 bridgehead atoms. The molecule has 0 aromatic rings. The van der Waals surface area contributed by atoms with Crippen LogP contribution in [0.15, 0.2) is 0 Å². The molecular formula is C15H26O4. The molecule has 0 aliphatic heterocycles. The van der Waals surface area contributed by atoms with E-state index in [9.17, 15) is 4.79 Å². The van der Waals surface area contributed by atoms with Crippen LogP contribution in [0.1, 0.15) is 51.4 Å². The van der Waals surface area contributed by atoms with Crippen LogP contribution in [-0.4, -0.2) is 38.5 Å². The first kappa shape index (κ1) is 14.8. The molecule has 0 aromatic carbocycles. The van der Waals surface area contributed by atoms with Gasteiger partial charge in [-0.25, -0.2) is 0 Å². The Morgan fingerprint density at radius 1 is 0.895 bits per heavy atom. The van der Waals surface area contributed by atoms with Crippen molar-refractivity contribution in [3.8, 4) is 0 Å². The minimum atomic E-state index is -0.0597. The molecular weight excluding hydrogens is 244 g/mol. The third-order valence-electron chi connectivity index (χ3n) is 4.50. The van der Waals surface area contributed by atoms with Crippen LogP contribution < -0.4 is 0 Å². The van der Waals surface area contributed by atoms with E-state index in [2.05, 4.69) is 0 Å². The molecule has 2 unspecified atom stereocenters. The van der Waals surface area contributed by atoms with Gasteiger partial charge < -0.3 is 14.2 Å². The van der Waals surface area contributed by atoms with Crippen molar-refractivity contribution in [1.29, 1.82) is 0 Å². The number of rotatable bonds is 4. The van der Waals surface area contributed by atoms with Crippen LogP contribution in [0.5, 0.6) is 0 Å². The van der Waals surface area contributed by atoms with Crippen molar-refractivity contribution in [3.05, 3.63) is 0 Å². The number of methoxy groups -OCH3 is 2. The van der Waals surface area contributed by atoms with E-state index in [0.717, 1.165) is 44.9 Å². The Bertz CT molecular complexity index is 284. The Hall–Kier alpha value is -0.610. The first-order chi connectivity index (χ1) is 9.22. The van der Waals surface area contributed by atoms with Crippen molar-refractivity contribution in [1.82, 2.24) is 0 Å². The zero-order chi connectivity index (χ0) is 13.7. The molecule has 2 rings (SSSR count). The largest absolute Gasteiger partial charge is 0.469 e. The van der Waals surface area contributed by atoms with Crippen LogP contribution in [0.2, 0.25) is 0 Å². The molecule has 0 heterocycles. The molecule has 4 heteroatoms. The maximum absolute atomic E-state index is 11.5. The minimum Gasteiger partial charge on any atom is -0.469 e. The van der Waals surface area contributed by atoms with E-state index in [1.165, 1.54) is 13.5 Å². The average molecular weight is 270 g/mol.